The van der Waals surface area contributed by atoms with E-state index in [-0.39, 0.29) is 5.91 Å². The molecule has 110 valence electrons. The van der Waals surface area contributed by atoms with E-state index >= 15 is 0 Å². The average Bonchev–Trinajstić information content (AvgIpc) is 3.20. The molecular weight excluding hydrogens is 318 g/mol. The minimum Gasteiger partial charge on any atom is -0.339 e. The zero-order valence-electron chi connectivity index (χ0n) is 12.2. The van der Waals surface area contributed by atoms with Gasteiger partial charge in [0.2, 0.25) is 0 Å². The van der Waals surface area contributed by atoms with Crippen molar-refractivity contribution in [2.75, 3.05) is 26.2 Å². The van der Waals surface area contributed by atoms with Crippen molar-refractivity contribution in [1.82, 2.24) is 14.4 Å². The van der Waals surface area contributed by atoms with E-state index in [1.807, 2.05) is 11.0 Å². The molecule has 20 heavy (non-hydrogen) atoms. The normalized spacial score (nSPS) is 24.1. The SMILES string of the molecule is CCN1CCN(C(=O)c2cc(Br)cn2C2CC2)CC1C. The third-order valence-electron chi connectivity index (χ3n) is 4.43. The van der Waals surface area contributed by atoms with E-state index in [0.29, 0.717) is 12.1 Å². The molecule has 1 aromatic rings. The number of hydrogen-bond donors (Lipinski definition) is 0. The molecule has 2 heterocycles. The van der Waals surface area contributed by atoms with Gasteiger partial charge in [-0.3, -0.25) is 9.69 Å². The summed E-state index contributed by atoms with van der Waals surface area (Å²) in [5.41, 5.74) is 0.844. The lowest BCUT2D eigenvalue weighted by Crippen LogP contribution is -2.53. The van der Waals surface area contributed by atoms with Crippen LogP contribution in [0.15, 0.2) is 16.7 Å². The Morgan fingerprint density at radius 1 is 1.40 bits per heavy atom. The zero-order valence-corrected chi connectivity index (χ0v) is 13.8. The number of likely N-dealkylation sites (N-methyl/N-ethyl adjacent to an activating group) is 1. The first-order valence-electron chi connectivity index (χ1n) is 7.51. The largest absolute Gasteiger partial charge is 0.339 e. The molecule has 1 aromatic heterocycles. The Hall–Kier alpha value is -0.810. The smallest absolute Gasteiger partial charge is 0.270 e. The van der Waals surface area contributed by atoms with Gasteiger partial charge in [-0.15, -0.1) is 0 Å². The summed E-state index contributed by atoms with van der Waals surface area (Å²) in [6.07, 6.45) is 4.44. The Labute approximate surface area is 128 Å². The van der Waals surface area contributed by atoms with Gasteiger partial charge >= 0.3 is 0 Å². The summed E-state index contributed by atoms with van der Waals surface area (Å²) >= 11 is 3.50. The topological polar surface area (TPSA) is 28.5 Å². The first-order chi connectivity index (χ1) is 9.60. The Morgan fingerprint density at radius 3 is 2.75 bits per heavy atom. The first kappa shape index (κ1) is 14.1. The zero-order chi connectivity index (χ0) is 14.3. The molecule has 0 bridgehead atoms. The highest BCUT2D eigenvalue weighted by Crippen LogP contribution is 2.37. The number of rotatable bonds is 3. The van der Waals surface area contributed by atoms with Gasteiger partial charge in [0.25, 0.3) is 5.91 Å². The molecule has 1 unspecified atom stereocenters. The van der Waals surface area contributed by atoms with Crippen molar-refractivity contribution in [2.45, 2.75) is 38.8 Å². The van der Waals surface area contributed by atoms with Crippen LogP contribution in [0.5, 0.6) is 0 Å². The molecule has 0 aromatic carbocycles. The summed E-state index contributed by atoms with van der Waals surface area (Å²) in [6, 6.07) is 2.96. The van der Waals surface area contributed by atoms with E-state index in [1.54, 1.807) is 0 Å². The van der Waals surface area contributed by atoms with Crippen LogP contribution in [0.2, 0.25) is 0 Å². The molecule has 1 atom stereocenters. The fourth-order valence-corrected chi connectivity index (χ4v) is 3.52. The van der Waals surface area contributed by atoms with Crippen LogP contribution in [0.3, 0.4) is 0 Å². The lowest BCUT2D eigenvalue weighted by molar-refractivity contribution is 0.0518. The summed E-state index contributed by atoms with van der Waals surface area (Å²) in [5.74, 6) is 0.185. The standard InChI is InChI=1S/C15H22BrN3O/c1-3-17-6-7-18(9-11(17)2)15(20)14-8-12(16)10-19(14)13-4-5-13/h8,10-11,13H,3-7,9H2,1-2H3. The fraction of sp³-hybridized carbons (Fsp3) is 0.667. The highest BCUT2D eigenvalue weighted by Gasteiger charge is 2.32. The molecule has 0 N–H and O–H groups in total. The molecule has 3 rings (SSSR count). The second-order valence-electron chi connectivity index (χ2n) is 5.91. The maximum Gasteiger partial charge on any atom is 0.270 e. The van der Waals surface area contributed by atoms with Crippen LogP contribution < -0.4 is 0 Å². The molecule has 1 saturated carbocycles. The van der Waals surface area contributed by atoms with Gasteiger partial charge in [0, 0.05) is 42.4 Å². The maximum atomic E-state index is 12.8. The molecule has 0 radical (unpaired) electrons. The minimum atomic E-state index is 0.185. The first-order valence-corrected chi connectivity index (χ1v) is 8.30. The molecular formula is C15H22BrN3O. The van der Waals surface area contributed by atoms with E-state index in [2.05, 4.69) is 45.4 Å². The lowest BCUT2D eigenvalue weighted by Gasteiger charge is -2.39. The molecule has 1 aliphatic carbocycles. The number of hydrogen-bond acceptors (Lipinski definition) is 2. The van der Waals surface area contributed by atoms with Crippen molar-refractivity contribution in [2.24, 2.45) is 0 Å². The quantitative estimate of drug-likeness (QED) is 0.847. The van der Waals surface area contributed by atoms with E-state index in [1.165, 1.54) is 12.8 Å². The Kier molecular flexibility index (Phi) is 3.91. The van der Waals surface area contributed by atoms with Gasteiger partial charge in [-0.05, 0) is 48.3 Å². The highest BCUT2D eigenvalue weighted by molar-refractivity contribution is 9.10. The predicted molar refractivity (Wildman–Crippen MR) is 83.0 cm³/mol. The molecule has 5 heteroatoms. The molecule has 0 spiro atoms. The van der Waals surface area contributed by atoms with Crippen LogP contribution in [0.1, 0.15) is 43.2 Å². The van der Waals surface area contributed by atoms with Crippen molar-refractivity contribution < 1.29 is 4.79 Å². The van der Waals surface area contributed by atoms with Crippen LogP contribution in [0.4, 0.5) is 0 Å². The second-order valence-corrected chi connectivity index (χ2v) is 6.83. The summed E-state index contributed by atoms with van der Waals surface area (Å²) in [6.45, 7) is 8.11. The summed E-state index contributed by atoms with van der Waals surface area (Å²) in [4.78, 5) is 17.2. The van der Waals surface area contributed by atoms with Gasteiger partial charge in [0.05, 0.1) is 0 Å². The van der Waals surface area contributed by atoms with Crippen molar-refractivity contribution >= 4 is 21.8 Å². The number of amides is 1. The maximum absolute atomic E-state index is 12.8. The molecule has 1 saturated heterocycles. The van der Waals surface area contributed by atoms with Gasteiger partial charge in [-0.2, -0.15) is 0 Å². The van der Waals surface area contributed by atoms with Crippen LogP contribution in [-0.4, -0.2) is 52.5 Å². The number of aromatic nitrogens is 1. The summed E-state index contributed by atoms with van der Waals surface area (Å²) in [7, 11) is 0. The number of halogens is 1. The fourth-order valence-electron chi connectivity index (χ4n) is 3.08. The van der Waals surface area contributed by atoms with E-state index in [0.717, 1.165) is 36.3 Å². The van der Waals surface area contributed by atoms with E-state index in [4.69, 9.17) is 0 Å². The number of carbonyl (C=O) groups excluding carboxylic acids is 1. The molecule has 1 amide bonds. The van der Waals surface area contributed by atoms with Crippen molar-refractivity contribution in [1.29, 1.82) is 0 Å². The van der Waals surface area contributed by atoms with Gasteiger partial charge in [0.15, 0.2) is 0 Å². The molecule has 1 aliphatic heterocycles. The lowest BCUT2D eigenvalue weighted by atomic mass is 10.2. The highest BCUT2D eigenvalue weighted by atomic mass is 79.9. The van der Waals surface area contributed by atoms with E-state index in [9.17, 15) is 4.79 Å². The van der Waals surface area contributed by atoms with Crippen molar-refractivity contribution in [3.05, 3.63) is 22.4 Å². The van der Waals surface area contributed by atoms with Crippen LogP contribution >= 0.6 is 15.9 Å². The van der Waals surface area contributed by atoms with Gasteiger partial charge < -0.3 is 9.47 Å². The van der Waals surface area contributed by atoms with Crippen LogP contribution in [0, 0.1) is 0 Å². The van der Waals surface area contributed by atoms with Crippen molar-refractivity contribution in [3.8, 4) is 0 Å². The Morgan fingerprint density at radius 2 is 2.15 bits per heavy atom. The number of piperazine rings is 1. The average molecular weight is 340 g/mol. The third kappa shape index (κ3) is 2.66. The van der Waals surface area contributed by atoms with Gasteiger partial charge in [0.1, 0.15) is 5.69 Å². The van der Waals surface area contributed by atoms with Gasteiger partial charge in [-0.1, -0.05) is 6.92 Å². The van der Waals surface area contributed by atoms with Crippen LogP contribution in [-0.2, 0) is 0 Å². The predicted octanol–water partition coefficient (Wildman–Crippen LogP) is 2.75. The monoisotopic (exact) mass is 339 g/mol. The summed E-state index contributed by atoms with van der Waals surface area (Å²) < 4.78 is 3.16. The van der Waals surface area contributed by atoms with Crippen LogP contribution in [0.25, 0.3) is 0 Å². The number of carbonyl (C=O) groups is 1. The second kappa shape index (κ2) is 5.53. The molecule has 2 aliphatic rings. The summed E-state index contributed by atoms with van der Waals surface area (Å²) in [5, 5.41) is 0. The molecule has 4 nitrogen and oxygen atoms in total. The Balaban J connectivity index is 1.76. The van der Waals surface area contributed by atoms with Gasteiger partial charge in [-0.25, -0.2) is 0 Å². The molecule has 2 fully saturated rings. The minimum absolute atomic E-state index is 0.185. The van der Waals surface area contributed by atoms with E-state index < -0.39 is 0 Å². The van der Waals surface area contributed by atoms with Crippen molar-refractivity contribution in [3.63, 3.8) is 0 Å². The third-order valence-corrected chi connectivity index (χ3v) is 4.87. The number of nitrogens with zero attached hydrogens (tertiary/aromatic N) is 3. The Bertz CT molecular complexity index is 509.